The Morgan fingerprint density at radius 2 is 2.06 bits per heavy atom. The smallest absolute Gasteiger partial charge is 0.265 e. The standard InChI is InChI=1S/C12H17BrN2O/c1-12(2,3)10-9(13)11(16)15-8(14-10)6-7-4-5-7/h7H,4-6H2,1-3H3,(H,14,15,16). The highest BCUT2D eigenvalue weighted by Crippen LogP contribution is 2.32. The Labute approximate surface area is 104 Å². The first kappa shape index (κ1) is 11.8. The zero-order valence-corrected chi connectivity index (χ0v) is 11.5. The van der Waals surface area contributed by atoms with Crippen LogP contribution in [-0.2, 0) is 11.8 Å². The quantitative estimate of drug-likeness (QED) is 0.908. The van der Waals surface area contributed by atoms with Crippen molar-refractivity contribution in [2.45, 2.75) is 45.4 Å². The van der Waals surface area contributed by atoms with Gasteiger partial charge < -0.3 is 4.98 Å². The highest BCUT2D eigenvalue weighted by molar-refractivity contribution is 9.10. The van der Waals surface area contributed by atoms with Crippen molar-refractivity contribution in [3.05, 3.63) is 26.3 Å². The average molecular weight is 285 g/mol. The normalized spacial score (nSPS) is 16.5. The van der Waals surface area contributed by atoms with E-state index in [-0.39, 0.29) is 11.0 Å². The number of hydrogen-bond donors (Lipinski definition) is 1. The van der Waals surface area contributed by atoms with E-state index in [9.17, 15) is 4.79 Å². The molecule has 0 unspecified atom stereocenters. The van der Waals surface area contributed by atoms with Crippen LogP contribution < -0.4 is 5.56 Å². The van der Waals surface area contributed by atoms with Gasteiger partial charge in [0.25, 0.3) is 5.56 Å². The maximum Gasteiger partial charge on any atom is 0.265 e. The second-order valence-corrected chi connectivity index (χ2v) is 6.37. The van der Waals surface area contributed by atoms with Crippen LogP contribution >= 0.6 is 15.9 Å². The summed E-state index contributed by atoms with van der Waals surface area (Å²) in [6.07, 6.45) is 3.45. The molecule has 4 heteroatoms. The van der Waals surface area contributed by atoms with Crippen LogP contribution in [-0.4, -0.2) is 9.97 Å². The minimum Gasteiger partial charge on any atom is -0.310 e. The van der Waals surface area contributed by atoms with Crippen LogP contribution in [0.4, 0.5) is 0 Å². The maximum atomic E-state index is 11.8. The van der Waals surface area contributed by atoms with Gasteiger partial charge in [0.2, 0.25) is 0 Å². The lowest BCUT2D eigenvalue weighted by Gasteiger charge is -2.19. The van der Waals surface area contributed by atoms with Gasteiger partial charge in [-0.1, -0.05) is 20.8 Å². The number of aromatic nitrogens is 2. The van der Waals surface area contributed by atoms with E-state index < -0.39 is 0 Å². The van der Waals surface area contributed by atoms with Crippen LogP contribution in [0.2, 0.25) is 0 Å². The lowest BCUT2D eigenvalue weighted by atomic mass is 9.92. The molecule has 1 aromatic heterocycles. The third-order valence-electron chi connectivity index (χ3n) is 2.80. The fourth-order valence-electron chi connectivity index (χ4n) is 1.69. The molecule has 0 saturated heterocycles. The molecule has 1 heterocycles. The summed E-state index contributed by atoms with van der Waals surface area (Å²) in [5.41, 5.74) is 0.688. The molecule has 1 fully saturated rings. The van der Waals surface area contributed by atoms with Gasteiger partial charge in [-0.05, 0) is 34.7 Å². The molecule has 1 aliphatic rings. The first-order valence-electron chi connectivity index (χ1n) is 5.67. The van der Waals surface area contributed by atoms with E-state index in [0.717, 1.165) is 23.9 Å². The van der Waals surface area contributed by atoms with E-state index in [4.69, 9.17) is 0 Å². The fraction of sp³-hybridized carbons (Fsp3) is 0.667. The number of hydrogen-bond acceptors (Lipinski definition) is 2. The van der Waals surface area contributed by atoms with Crippen molar-refractivity contribution in [1.29, 1.82) is 0 Å². The lowest BCUT2D eigenvalue weighted by Crippen LogP contribution is -2.23. The van der Waals surface area contributed by atoms with Gasteiger partial charge in [0.15, 0.2) is 0 Å². The van der Waals surface area contributed by atoms with Gasteiger partial charge in [0, 0.05) is 11.8 Å². The van der Waals surface area contributed by atoms with Crippen molar-refractivity contribution < 1.29 is 0 Å². The summed E-state index contributed by atoms with van der Waals surface area (Å²) in [6, 6.07) is 0. The molecule has 0 amide bonds. The molecule has 0 aromatic carbocycles. The van der Waals surface area contributed by atoms with Crippen LogP contribution in [0.3, 0.4) is 0 Å². The van der Waals surface area contributed by atoms with Gasteiger partial charge in [0.05, 0.1) is 5.69 Å². The minimum atomic E-state index is -0.106. The minimum absolute atomic E-state index is 0.0597. The molecule has 16 heavy (non-hydrogen) atoms. The third kappa shape index (κ3) is 2.54. The first-order valence-corrected chi connectivity index (χ1v) is 6.46. The number of H-pyrrole nitrogens is 1. The molecule has 1 saturated carbocycles. The van der Waals surface area contributed by atoms with E-state index in [1.165, 1.54) is 12.8 Å². The van der Waals surface area contributed by atoms with Crippen molar-refractivity contribution in [2.24, 2.45) is 5.92 Å². The topological polar surface area (TPSA) is 45.8 Å². The Bertz CT molecular complexity index is 455. The molecule has 1 aromatic rings. The monoisotopic (exact) mass is 284 g/mol. The van der Waals surface area contributed by atoms with Crippen LogP contribution in [0.1, 0.15) is 45.1 Å². The summed E-state index contributed by atoms with van der Waals surface area (Å²) < 4.78 is 0.569. The molecule has 1 N–H and O–H groups in total. The van der Waals surface area contributed by atoms with Crippen molar-refractivity contribution in [3.63, 3.8) is 0 Å². The van der Waals surface area contributed by atoms with Gasteiger partial charge in [0.1, 0.15) is 10.3 Å². The summed E-state index contributed by atoms with van der Waals surface area (Å²) >= 11 is 3.33. The van der Waals surface area contributed by atoms with Crippen molar-refractivity contribution in [1.82, 2.24) is 9.97 Å². The van der Waals surface area contributed by atoms with Crippen molar-refractivity contribution in [3.8, 4) is 0 Å². The number of nitrogens with one attached hydrogen (secondary N) is 1. The van der Waals surface area contributed by atoms with Gasteiger partial charge >= 0.3 is 0 Å². The second-order valence-electron chi connectivity index (χ2n) is 5.57. The Morgan fingerprint density at radius 3 is 2.56 bits per heavy atom. The van der Waals surface area contributed by atoms with Gasteiger partial charge in [-0.25, -0.2) is 4.98 Å². The molecule has 0 spiro atoms. The Kier molecular flexibility index (Phi) is 2.95. The summed E-state index contributed by atoms with van der Waals surface area (Å²) in [5.74, 6) is 1.57. The zero-order valence-electron chi connectivity index (χ0n) is 9.93. The summed E-state index contributed by atoms with van der Waals surface area (Å²) in [7, 11) is 0. The van der Waals surface area contributed by atoms with E-state index in [1.54, 1.807) is 0 Å². The third-order valence-corrected chi connectivity index (χ3v) is 3.54. The highest BCUT2D eigenvalue weighted by Gasteiger charge is 2.26. The van der Waals surface area contributed by atoms with Crippen LogP contribution in [0.25, 0.3) is 0 Å². The summed E-state index contributed by atoms with van der Waals surface area (Å²) in [5, 5.41) is 0. The molecule has 2 rings (SSSR count). The molecule has 0 bridgehead atoms. The predicted octanol–water partition coefficient (Wildman–Crippen LogP) is 2.78. The molecule has 0 aliphatic heterocycles. The molecule has 88 valence electrons. The SMILES string of the molecule is CC(C)(C)c1nc(CC2CC2)[nH]c(=O)c1Br. The molecule has 3 nitrogen and oxygen atoms in total. The maximum absolute atomic E-state index is 11.8. The number of halogens is 1. The molecule has 0 radical (unpaired) electrons. The van der Waals surface area contributed by atoms with Crippen LogP contribution in [0, 0.1) is 5.92 Å². The first-order chi connectivity index (χ1) is 7.38. The Morgan fingerprint density at radius 1 is 1.44 bits per heavy atom. The number of nitrogens with zero attached hydrogens (tertiary/aromatic N) is 1. The van der Waals surface area contributed by atoms with E-state index in [0.29, 0.717) is 4.47 Å². The average Bonchev–Trinajstić information content (AvgIpc) is 2.93. The van der Waals surface area contributed by atoms with E-state index in [1.807, 2.05) is 0 Å². The summed E-state index contributed by atoms with van der Waals surface area (Å²) in [6.45, 7) is 6.21. The Balaban J connectivity index is 2.42. The lowest BCUT2D eigenvalue weighted by molar-refractivity contribution is 0.553. The number of rotatable bonds is 2. The van der Waals surface area contributed by atoms with Crippen molar-refractivity contribution in [2.75, 3.05) is 0 Å². The predicted molar refractivity (Wildman–Crippen MR) is 67.7 cm³/mol. The van der Waals surface area contributed by atoms with E-state index >= 15 is 0 Å². The zero-order chi connectivity index (χ0) is 11.9. The summed E-state index contributed by atoms with van der Waals surface area (Å²) in [4.78, 5) is 19.2. The number of aromatic amines is 1. The van der Waals surface area contributed by atoms with Crippen molar-refractivity contribution >= 4 is 15.9 Å². The van der Waals surface area contributed by atoms with Gasteiger partial charge in [-0.15, -0.1) is 0 Å². The molecule has 1 aliphatic carbocycles. The van der Waals surface area contributed by atoms with Gasteiger partial charge in [-0.3, -0.25) is 4.79 Å². The second kappa shape index (κ2) is 3.99. The molecular weight excluding hydrogens is 268 g/mol. The molecule has 0 atom stereocenters. The van der Waals surface area contributed by atoms with E-state index in [2.05, 4.69) is 46.7 Å². The van der Waals surface area contributed by atoms with Crippen LogP contribution in [0.15, 0.2) is 9.27 Å². The molecular formula is C12H17BrN2O. The highest BCUT2D eigenvalue weighted by atomic mass is 79.9. The fourth-order valence-corrected chi connectivity index (χ4v) is 2.48. The Hall–Kier alpha value is -0.640. The van der Waals surface area contributed by atoms with Crippen LogP contribution in [0.5, 0.6) is 0 Å². The van der Waals surface area contributed by atoms with Gasteiger partial charge in [-0.2, -0.15) is 0 Å². The largest absolute Gasteiger partial charge is 0.310 e.